The Labute approximate surface area is 115 Å². The highest BCUT2D eigenvalue weighted by atomic mass is 32.1. The van der Waals surface area contributed by atoms with Gasteiger partial charge in [-0.1, -0.05) is 31.2 Å². The Balaban J connectivity index is 2.09. The average molecular weight is 277 g/mol. The number of aromatic nitrogens is 2. The summed E-state index contributed by atoms with van der Waals surface area (Å²) < 4.78 is 7.64. The maximum absolute atomic E-state index is 11.9. The molecule has 2 N–H and O–H groups in total. The smallest absolute Gasteiger partial charge is 0.273 e. The summed E-state index contributed by atoms with van der Waals surface area (Å²) in [6, 6.07) is 7.39. The molecule has 19 heavy (non-hydrogen) atoms. The van der Waals surface area contributed by atoms with Crippen molar-refractivity contribution in [1.82, 2.24) is 14.1 Å². The largest absolute Gasteiger partial charge is 0.394 e. The van der Waals surface area contributed by atoms with Crippen LogP contribution in [0.2, 0.25) is 0 Å². The van der Waals surface area contributed by atoms with Gasteiger partial charge in [-0.05, 0) is 17.5 Å². The van der Waals surface area contributed by atoms with E-state index in [1.807, 2.05) is 24.3 Å². The van der Waals surface area contributed by atoms with Crippen molar-refractivity contribution in [2.24, 2.45) is 0 Å². The fourth-order valence-corrected chi connectivity index (χ4v) is 2.13. The highest BCUT2D eigenvalue weighted by Crippen LogP contribution is 2.14. The van der Waals surface area contributed by atoms with E-state index in [1.54, 1.807) is 0 Å². The topological polar surface area (TPSA) is 75.1 Å². The first-order valence-corrected chi connectivity index (χ1v) is 6.75. The van der Waals surface area contributed by atoms with E-state index in [-0.39, 0.29) is 18.2 Å². The molecule has 0 bridgehead atoms. The lowest BCUT2D eigenvalue weighted by Crippen LogP contribution is -2.30. The van der Waals surface area contributed by atoms with Crippen LogP contribution in [-0.2, 0) is 6.42 Å². The first kappa shape index (κ1) is 13.6. The zero-order valence-corrected chi connectivity index (χ0v) is 11.4. The monoisotopic (exact) mass is 277 g/mol. The van der Waals surface area contributed by atoms with E-state index in [9.17, 15) is 9.90 Å². The van der Waals surface area contributed by atoms with Crippen LogP contribution in [0.3, 0.4) is 0 Å². The minimum atomic E-state index is -0.430. The molecule has 1 amide bonds. The third-order valence-corrected chi connectivity index (χ3v) is 3.35. The number of nitrogens with one attached hydrogen (secondary N) is 1. The molecule has 1 atom stereocenters. The summed E-state index contributed by atoms with van der Waals surface area (Å²) in [6.07, 6.45) is 2.37. The summed E-state index contributed by atoms with van der Waals surface area (Å²) in [5.74, 6) is -0.327. The number of carbonyl (C=O) groups excluding carboxylic acids is 1. The Hall–Kier alpha value is -1.79. The normalized spacial score (nSPS) is 12.1. The minimum absolute atomic E-state index is 0.158. The highest BCUT2D eigenvalue weighted by molar-refractivity contribution is 6.99. The third kappa shape index (κ3) is 3.36. The Kier molecular flexibility index (Phi) is 4.59. The average Bonchev–Trinajstić information content (AvgIpc) is 2.99. The summed E-state index contributed by atoms with van der Waals surface area (Å²) in [6.45, 7) is 1.92. The Morgan fingerprint density at radius 1 is 1.42 bits per heavy atom. The van der Waals surface area contributed by atoms with Gasteiger partial charge in [0.15, 0.2) is 5.69 Å². The van der Waals surface area contributed by atoms with Crippen LogP contribution in [0.4, 0.5) is 0 Å². The predicted molar refractivity (Wildman–Crippen MR) is 73.0 cm³/mol. The maximum Gasteiger partial charge on any atom is 0.273 e. The second-order valence-electron chi connectivity index (χ2n) is 4.10. The fraction of sp³-hybridized carbons (Fsp3) is 0.308. The van der Waals surface area contributed by atoms with Gasteiger partial charge in [0.05, 0.1) is 30.6 Å². The van der Waals surface area contributed by atoms with Crippen LogP contribution >= 0.6 is 11.7 Å². The number of benzene rings is 1. The molecule has 0 aliphatic carbocycles. The van der Waals surface area contributed by atoms with E-state index in [2.05, 4.69) is 21.0 Å². The number of aryl methyl sites for hydroxylation is 1. The molecular formula is C13H15N3O2S. The molecule has 1 heterocycles. The molecule has 1 aromatic heterocycles. The SMILES string of the molecule is CCc1ccc(C(CO)NC(=O)c2cnsn2)cc1. The predicted octanol–water partition coefficient (Wildman–Crippen LogP) is 1.56. The Morgan fingerprint density at radius 2 is 2.16 bits per heavy atom. The first-order valence-electron chi connectivity index (χ1n) is 6.02. The molecule has 0 aliphatic rings. The van der Waals surface area contributed by atoms with Gasteiger partial charge in [-0.15, -0.1) is 0 Å². The summed E-state index contributed by atoms with van der Waals surface area (Å²) in [7, 11) is 0. The zero-order valence-electron chi connectivity index (χ0n) is 10.5. The second-order valence-corrected chi connectivity index (χ2v) is 4.65. The molecule has 2 aromatic rings. The molecule has 0 aliphatic heterocycles. The lowest BCUT2D eigenvalue weighted by Gasteiger charge is -2.16. The van der Waals surface area contributed by atoms with E-state index >= 15 is 0 Å². The number of amides is 1. The highest BCUT2D eigenvalue weighted by Gasteiger charge is 2.16. The molecular weight excluding hydrogens is 262 g/mol. The van der Waals surface area contributed by atoms with Gasteiger partial charge in [0.1, 0.15) is 0 Å². The summed E-state index contributed by atoms with van der Waals surface area (Å²) >= 11 is 0.980. The van der Waals surface area contributed by atoms with Crippen molar-refractivity contribution in [1.29, 1.82) is 0 Å². The number of aliphatic hydroxyl groups excluding tert-OH is 1. The van der Waals surface area contributed by atoms with E-state index in [1.165, 1.54) is 11.8 Å². The van der Waals surface area contributed by atoms with Crippen LogP contribution in [0, 0.1) is 0 Å². The van der Waals surface area contributed by atoms with Gasteiger partial charge >= 0.3 is 0 Å². The molecule has 0 fully saturated rings. The number of hydrogen-bond acceptors (Lipinski definition) is 5. The van der Waals surface area contributed by atoms with Gasteiger partial charge in [-0.25, -0.2) is 0 Å². The lowest BCUT2D eigenvalue weighted by atomic mass is 10.0. The summed E-state index contributed by atoms with van der Waals surface area (Å²) in [4.78, 5) is 11.9. The van der Waals surface area contributed by atoms with E-state index in [0.29, 0.717) is 0 Å². The number of rotatable bonds is 5. The van der Waals surface area contributed by atoms with Gasteiger partial charge < -0.3 is 10.4 Å². The van der Waals surface area contributed by atoms with Crippen LogP contribution in [-0.4, -0.2) is 26.4 Å². The molecule has 2 rings (SSSR count). The van der Waals surface area contributed by atoms with Crippen molar-refractivity contribution in [3.63, 3.8) is 0 Å². The molecule has 0 saturated carbocycles. The van der Waals surface area contributed by atoms with Crippen LogP contribution < -0.4 is 5.32 Å². The van der Waals surface area contributed by atoms with Crippen LogP contribution in [0.25, 0.3) is 0 Å². The van der Waals surface area contributed by atoms with Crippen molar-refractivity contribution in [2.75, 3.05) is 6.61 Å². The minimum Gasteiger partial charge on any atom is -0.394 e. The fourth-order valence-electron chi connectivity index (χ4n) is 1.72. The van der Waals surface area contributed by atoms with Crippen molar-refractivity contribution in [2.45, 2.75) is 19.4 Å². The molecule has 6 heteroatoms. The van der Waals surface area contributed by atoms with Gasteiger partial charge in [0.25, 0.3) is 5.91 Å². The first-order chi connectivity index (χ1) is 9.24. The number of nitrogens with zero attached hydrogens (tertiary/aromatic N) is 2. The van der Waals surface area contributed by atoms with Gasteiger partial charge in [0.2, 0.25) is 0 Å². The number of carbonyl (C=O) groups is 1. The Morgan fingerprint density at radius 3 is 2.68 bits per heavy atom. The van der Waals surface area contributed by atoms with E-state index in [4.69, 9.17) is 0 Å². The van der Waals surface area contributed by atoms with E-state index < -0.39 is 6.04 Å². The van der Waals surface area contributed by atoms with Crippen molar-refractivity contribution in [3.05, 3.63) is 47.3 Å². The quantitative estimate of drug-likeness (QED) is 0.869. The van der Waals surface area contributed by atoms with Crippen LogP contribution in [0.15, 0.2) is 30.5 Å². The van der Waals surface area contributed by atoms with Crippen LogP contribution in [0.5, 0.6) is 0 Å². The van der Waals surface area contributed by atoms with E-state index in [0.717, 1.165) is 23.7 Å². The third-order valence-electron chi connectivity index (χ3n) is 2.87. The zero-order chi connectivity index (χ0) is 13.7. The number of aliphatic hydroxyl groups is 1. The lowest BCUT2D eigenvalue weighted by molar-refractivity contribution is 0.0912. The molecule has 1 aromatic carbocycles. The van der Waals surface area contributed by atoms with Crippen molar-refractivity contribution < 1.29 is 9.90 Å². The van der Waals surface area contributed by atoms with Gasteiger partial charge in [-0.3, -0.25) is 4.79 Å². The van der Waals surface area contributed by atoms with Crippen LogP contribution in [0.1, 0.15) is 34.6 Å². The summed E-state index contributed by atoms with van der Waals surface area (Å²) in [5, 5.41) is 12.1. The second kappa shape index (κ2) is 6.40. The van der Waals surface area contributed by atoms with Gasteiger partial charge in [0, 0.05) is 0 Å². The molecule has 5 nitrogen and oxygen atoms in total. The van der Waals surface area contributed by atoms with Gasteiger partial charge in [-0.2, -0.15) is 8.75 Å². The molecule has 1 unspecified atom stereocenters. The molecule has 0 spiro atoms. The molecule has 0 saturated heterocycles. The maximum atomic E-state index is 11.9. The number of hydrogen-bond donors (Lipinski definition) is 2. The van der Waals surface area contributed by atoms with Crippen molar-refractivity contribution in [3.8, 4) is 0 Å². The summed E-state index contributed by atoms with van der Waals surface area (Å²) in [5.41, 5.74) is 2.36. The molecule has 100 valence electrons. The standard InChI is InChI=1S/C13H15N3O2S/c1-2-9-3-5-10(6-4-9)12(8-17)15-13(18)11-7-14-19-16-11/h3-7,12,17H,2,8H2,1H3,(H,15,18). The Bertz CT molecular complexity index is 525. The van der Waals surface area contributed by atoms with Crippen molar-refractivity contribution >= 4 is 17.6 Å². The molecule has 0 radical (unpaired) electrons.